The molecule has 24 heavy (non-hydrogen) atoms. The van der Waals surface area contributed by atoms with Crippen molar-refractivity contribution in [3.8, 4) is 0 Å². The number of hydrogen-bond acceptors (Lipinski definition) is 3. The third-order valence-corrected chi connectivity index (χ3v) is 6.05. The van der Waals surface area contributed by atoms with Gasteiger partial charge in [-0.3, -0.25) is 9.10 Å². The molecule has 134 valence electrons. The number of benzene rings is 1. The summed E-state index contributed by atoms with van der Waals surface area (Å²) in [5.74, 6) is -0.148. The maximum absolute atomic E-state index is 13.0. The molecule has 1 aromatic rings. The van der Waals surface area contributed by atoms with E-state index in [1.807, 2.05) is 6.92 Å². The van der Waals surface area contributed by atoms with E-state index in [-0.39, 0.29) is 11.9 Å². The van der Waals surface area contributed by atoms with E-state index in [0.717, 1.165) is 31.9 Å². The number of nitrogens with zero attached hydrogens (tertiary/aromatic N) is 2. The fraction of sp³-hybridized carbons (Fsp3) is 0.588. The molecule has 0 bridgehead atoms. The molecule has 0 spiro atoms. The van der Waals surface area contributed by atoms with E-state index >= 15 is 0 Å². The van der Waals surface area contributed by atoms with E-state index in [2.05, 4.69) is 0 Å². The van der Waals surface area contributed by atoms with Crippen LogP contribution < -0.4 is 4.31 Å². The van der Waals surface area contributed by atoms with Crippen LogP contribution in [0.25, 0.3) is 0 Å². The molecule has 1 aliphatic rings. The number of hydrogen-bond donors (Lipinski definition) is 0. The SMILES string of the molecule is CCC(C(=O)N(C)C1CCCC1)N(c1ccc(Cl)cc1)S(C)(=O)=O. The van der Waals surface area contributed by atoms with Gasteiger partial charge in [-0.05, 0) is 43.5 Å². The summed E-state index contributed by atoms with van der Waals surface area (Å²) in [6.45, 7) is 1.83. The molecular formula is C17H25ClN2O3S. The Morgan fingerprint density at radius 1 is 1.25 bits per heavy atom. The molecule has 1 unspecified atom stereocenters. The first kappa shape index (κ1) is 19.1. The van der Waals surface area contributed by atoms with E-state index in [1.165, 1.54) is 4.31 Å². The third-order valence-electron chi connectivity index (χ3n) is 4.61. The van der Waals surface area contributed by atoms with Crippen molar-refractivity contribution in [2.45, 2.75) is 51.1 Å². The van der Waals surface area contributed by atoms with Gasteiger partial charge >= 0.3 is 0 Å². The first-order chi connectivity index (χ1) is 11.3. The van der Waals surface area contributed by atoms with E-state index < -0.39 is 16.1 Å². The highest BCUT2D eigenvalue weighted by Crippen LogP contribution is 2.28. The summed E-state index contributed by atoms with van der Waals surface area (Å²) in [6.07, 6.45) is 5.74. The van der Waals surface area contributed by atoms with Crippen molar-refractivity contribution in [1.29, 1.82) is 0 Å². The van der Waals surface area contributed by atoms with Gasteiger partial charge < -0.3 is 4.90 Å². The average Bonchev–Trinajstić information content (AvgIpc) is 3.05. The summed E-state index contributed by atoms with van der Waals surface area (Å²) in [7, 11) is -1.82. The molecule has 1 saturated carbocycles. The fourth-order valence-electron chi connectivity index (χ4n) is 3.34. The number of carbonyl (C=O) groups is 1. The molecule has 0 aliphatic heterocycles. The van der Waals surface area contributed by atoms with Crippen LogP contribution in [0.3, 0.4) is 0 Å². The summed E-state index contributed by atoms with van der Waals surface area (Å²) in [6, 6.07) is 5.99. The van der Waals surface area contributed by atoms with Gasteiger partial charge in [0.05, 0.1) is 11.9 Å². The Balaban J connectivity index is 2.35. The van der Waals surface area contributed by atoms with E-state index in [9.17, 15) is 13.2 Å². The summed E-state index contributed by atoms with van der Waals surface area (Å²) >= 11 is 5.90. The minimum absolute atomic E-state index is 0.148. The second-order valence-corrected chi connectivity index (χ2v) is 8.64. The van der Waals surface area contributed by atoms with E-state index in [4.69, 9.17) is 11.6 Å². The Labute approximate surface area is 149 Å². The van der Waals surface area contributed by atoms with Crippen molar-refractivity contribution >= 4 is 33.2 Å². The molecule has 5 nitrogen and oxygen atoms in total. The van der Waals surface area contributed by atoms with Crippen LogP contribution in [0.1, 0.15) is 39.0 Å². The molecule has 1 amide bonds. The molecule has 2 rings (SSSR count). The van der Waals surface area contributed by atoms with Crippen molar-refractivity contribution < 1.29 is 13.2 Å². The van der Waals surface area contributed by atoms with Gasteiger partial charge in [0.1, 0.15) is 6.04 Å². The van der Waals surface area contributed by atoms with Crippen molar-refractivity contribution in [3.05, 3.63) is 29.3 Å². The van der Waals surface area contributed by atoms with Gasteiger partial charge in [-0.2, -0.15) is 0 Å². The fourth-order valence-corrected chi connectivity index (χ4v) is 4.67. The highest BCUT2D eigenvalue weighted by Gasteiger charge is 2.35. The quantitative estimate of drug-likeness (QED) is 0.769. The maximum atomic E-state index is 13.0. The van der Waals surface area contributed by atoms with Crippen LogP contribution in [0.2, 0.25) is 5.02 Å². The number of sulfonamides is 1. The second-order valence-electron chi connectivity index (χ2n) is 6.35. The molecule has 0 saturated heterocycles. The highest BCUT2D eigenvalue weighted by atomic mass is 35.5. The standard InChI is InChI=1S/C17H25ClN2O3S/c1-4-16(17(21)19(2)14-7-5-6-8-14)20(24(3,22)23)15-11-9-13(18)10-12-15/h9-12,14,16H,4-8H2,1-3H3. The average molecular weight is 373 g/mol. The molecule has 0 radical (unpaired) electrons. The van der Waals surface area contributed by atoms with Crippen LogP contribution in [0.4, 0.5) is 5.69 Å². The van der Waals surface area contributed by atoms with E-state index in [0.29, 0.717) is 17.1 Å². The summed E-state index contributed by atoms with van der Waals surface area (Å²) in [4.78, 5) is 14.7. The van der Waals surface area contributed by atoms with Crippen LogP contribution in [0.5, 0.6) is 0 Å². The second kappa shape index (κ2) is 7.74. The lowest BCUT2D eigenvalue weighted by Gasteiger charge is -2.35. The zero-order chi connectivity index (χ0) is 17.9. The number of rotatable bonds is 6. The van der Waals surface area contributed by atoms with Crippen LogP contribution in [0, 0.1) is 0 Å². The zero-order valence-corrected chi connectivity index (χ0v) is 16.0. The van der Waals surface area contributed by atoms with Gasteiger partial charge in [0.2, 0.25) is 15.9 Å². The van der Waals surface area contributed by atoms with Gasteiger partial charge in [-0.15, -0.1) is 0 Å². The maximum Gasteiger partial charge on any atom is 0.246 e. The molecule has 0 N–H and O–H groups in total. The topological polar surface area (TPSA) is 57.7 Å². The van der Waals surface area contributed by atoms with Crippen molar-refractivity contribution in [3.63, 3.8) is 0 Å². The van der Waals surface area contributed by atoms with Crippen molar-refractivity contribution in [1.82, 2.24) is 4.90 Å². The number of halogens is 1. The number of likely N-dealkylation sites (N-methyl/N-ethyl adjacent to an activating group) is 1. The summed E-state index contributed by atoms with van der Waals surface area (Å²) < 4.78 is 26.0. The van der Waals surface area contributed by atoms with Gasteiger partial charge in [-0.25, -0.2) is 8.42 Å². The first-order valence-electron chi connectivity index (χ1n) is 8.27. The lowest BCUT2D eigenvalue weighted by atomic mass is 10.1. The van der Waals surface area contributed by atoms with Crippen LogP contribution >= 0.6 is 11.6 Å². The normalized spacial score (nSPS) is 16.8. The first-order valence-corrected chi connectivity index (χ1v) is 10.5. The minimum Gasteiger partial charge on any atom is -0.341 e. The van der Waals surface area contributed by atoms with Gasteiger partial charge in [0, 0.05) is 18.1 Å². The molecular weight excluding hydrogens is 348 g/mol. The predicted molar refractivity (Wildman–Crippen MR) is 97.9 cm³/mol. The summed E-state index contributed by atoms with van der Waals surface area (Å²) in [5.41, 5.74) is 0.460. The predicted octanol–water partition coefficient (Wildman–Crippen LogP) is 3.29. The number of carbonyl (C=O) groups excluding carboxylic acids is 1. The lowest BCUT2D eigenvalue weighted by molar-refractivity contribution is -0.133. The molecule has 1 aliphatic carbocycles. The summed E-state index contributed by atoms with van der Waals surface area (Å²) in [5, 5.41) is 0.523. The molecule has 0 heterocycles. The zero-order valence-electron chi connectivity index (χ0n) is 14.4. The van der Waals surface area contributed by atoms with Gasteiger partial charge in [0.25, 0.3) is 0 Å². The van der Waals surface area contributed by atoms with Crippen molar-refractivity contribution in [2.24, 2.45) is 0 Å². The number of amides is 1. The Hall–Kier alpha value is -1.27. The lowest BCUT2D eigenvalue weighted by Crippen LogP contribution is -2.51. The molecule has 1 fully saturated rings. The number of anilines is 1. The van der Waals surface area contributed by atoms with Crippen LogP contribution in [0.15, 0.2) is 24.3 Å². The Kier molecular flexibility index (Phi) is 6.15. The smallest absolute Gasteiger partial charge is 0.246 e. The Morgan fingerprint density at radius 2 is 1.79 bits per heavy atom. The van der Waals surface area contributed by atoms with Crippen LogP contribution in [-0.2, 0) is 14.8 Å². The van der Waals surface area contributed by atoms with Crippen LogP contribution in [-0.4, -0.2) is 44.6 Å². The van der Waals surface area contributed by atoms with E-state index in [1.54, 1.807) is 36.2 Å². The molecule has 7 heteroatoms. The van der Waals surface area contributed by atoms with Gasteiger partial charge in [0.15, 0.2) is 0 Å². The van der Waals surface area contributed by atoms with Crippen molar-refractivity contribution in [2.75, 3.05) is 17.6 Å². The molecule has 0 aromatic heterocycles. The highest BCUT2D eigenvalue weighted by molar-refractivity contribution is 7.92. The van der Waals surface area contributed by atoms with Gasteiger partial charge in [-0.1, -0.05) is 31.4 Å². The third kappa shape index (κ3) is 4.22. The largest absolute Gasteiger partial charge is 0.341 e. The Morgan fingerprint density at radius 3 is 2.25 bits per heavy atom. The Bertz CT molecular complexity index is 670. The molecule has 1 atom stereocenters. The molecule has 1 aromatic carbocycles. The monoisotopic (exact) mass is 372 g/mol. The minimum atomic E-state index is -3.60.